The monoisotopic (exact) mass is 1130 g/mol. The van der Waals surface area contributed by atoms with Gasteiger partial charge >= 0.3 is 0 Å². The first-order valence-electron chi connectivity index (χ1n) is 29.7. The Bertz CT molecular complexity index is 2100. The van der Waals surface area contributed by atoms with E-state index in [-0.39, 0.29) is 112 Å². The van der Waals surface area contributed by atoms with Gasteiger partial charge in [-0.05, 0) is 136 Å². The van der Waals surface area contributed by atoms with Crippen LogP contribution in [-0.2, 0) is 60.8 Å². The zero-order chi connectivity index (χ0) is 57.0. The first-order chi connectivity index (χ1) is 35.5. The highest BCUT2D eigenvalue weighted by molar-refractivity contribution is 6.75. The van der Waals surface area contributed by atoms with Crippen molar-refractivity contribution in [1.29, 1.82) is 0 Å². The van der Waals surface area contributed by atoms with Crippen molar-refractivity contribution < 1.29 is 60.8 Å². The summed E-state index contributed by atoms with van der Waals surface area (Å²) in [4.78, 5) is 29.1. The zero-order valence-electron chi connectivity index (χ0n) is 51.4. The SMILES string of the molecule is C=C1CC2CCC(=O)/C=C/C(O[Si](C)(C)C(C)(C)C)C3O[C@H]4CC[C@H](CC(=O)C[C@@H]5[C@@H](OC)[C@@H](C[C@H]6COC(C)(C)O6)O[C@H]5C[C@H]5O[C@@H](CC[C@@H]1O2)C[C@@H](C)C5=C)O[C@@H]4C(O[Si](C)(C)C(C)(C)C)C3O[Si](C)(C)C(C)(C)C. The quantitative estimate of drug-likeness (QED) is 0.160. The maximum absolute atomic E-state index is 15.0. The lowest BCUT2D eigenvalue weighted by Gasteiger charge is -2.56. The number of ketones is 2. The van der Waals surface area contributed by atoms with Crippen LogP contribution in [0.15, 0.2) is 36.5 Å². The summed E-state index contributed by atoms with van der Waals surface area (Å²) < 4.78 is 77.1. The van der Waals surface area contributed by atoms with Gasteiger partial charge in [0.1, 0.15) is 30.2 Å². The second-order valence-corrected chi connectivity index (χ2v) is 43.7. The number of rotatable bonds is 9. The van der Waals surface area contributed by atoms with Crippen molar-refractivity contribution >= 4 is 36.5 Å². The summed E-state index contributed by atoms with van der Waals surface area (Å²) in [7, 11) is -5.90. The summed E-state index contributed by atoms with van der Waals surface area (Å²) in [6, 6.07) is 0. The molecule has 5 unspecified atom stereocenters. The van der Waals surface area contributed by atoms with E-state index in [0.29, 0.717) is 45.1 Å². The van der Waals surface area contributed by atoms with Crippen LogP contribution in [-0.4, -0.2) is 148 Å². The van der Waals surface area contributed by atoms with E-state index < -0.39 is 61.3 Å². The van der Waals surface area contributed by atoms with Gasteiger partial charge in [-0.15, -0.1) is 0 Å². The maximum Gasteiger partial charge on any atom is 0.193 e. The molecule has 0 saturated carbocycles. The smallest absolute Gasteiger partial charge is 0.193 e. The number of Topliss-reactive ketones (excluding diaryl/α,β-unsaturated/α-hetero) is 1. The fourth-order valence-electron chi connectivity index (χ4n) is 12.1. The highest BCUT2D eigenvalue weighted by Gasteiger charge is 2.58. The first kappa shape index (κ1) is 63.4. The van der Waals surface area contributed by atoms with Crippen LogP contribution in [0.1, 0.15) is 160 Å². The number of methoxy groups -OCH3 is 1. The molecule has 9 aliphatic heterocycles. The Kier molecular flexibility index (Phi) is 19.9. The fraction of sp³-hybridized carbons (Fsp3) is 0.869. The lowest BCUT2D eigenvalue weighted by molar-refractivity contribution is -0.266. The summed E-state index contributed by atoms with van der Waals surface area (Å²) in [6.45, 7) is 49.6. The van der Waals surface area contributed by atoms with Gasteiger partial charge in [0.05, 0.1) is 73.8 Å². The van der Waals surface area contributed by atoms with E-state index in [1.165, 1.54) is 0 Å². The molecule has 0 aromatic carbocycles. The van der Waals surface area contributed by atoms with Gasteiger partial charge < -0.3 is 51.2 Å². The number of allylic oxidation sites excluding steroid dienone is 1. The Balaban J connectivity index is 1.28. The van der Waals surface area contributed by atoms with Crippen LogP contribution in [0.3, 0.4) is 0 Å². The second kappa shape index (κ2) is 24.2. The summed E-state index contributed by atoms with van der Waals surface area (Å²) in [5.74, 6) is -0.568. The predicted octanol–water partition coefficient (Wildman–Crippen LogP) is 12.9. The normalized spacial score (nSPS) is 39.1. The zero-order valence-corrected chi connectivity index (χ0v) is 54.4. The molecule has 0 amide bonds. The van der Waals surface area contributed by atoms with Crippen LogP contribution in [0, 0.1) is 11.8 Å². The standard InChI is InChI=1S/C61H106O13Si3/c1-37-30-43-25-28-47-38(2)31-42(66-47)24-22-40(62)23-27-49(72-75(16,17)58(4,5)6)55-57(74-77(20,21)60(10,11)12)56(73-76(18,19)59(7,8)9)54-48(70-55)29-26-44(68-54)32-41(63)33-46-51(35-50(67-43)39(37)3)69-52(53(46)64-15)34-45-36-65-61(13,14)71-45/h23,27,37,42-57H,2-3,22,24-26,28-36H2,1,4-21H3/b27-23+/t37-,42?,43+,44-,45+,46+,47+,48+,49?,50-,51+,52-,53-,54+,55?,56?,57?/m1/s1. The van der Waals surface area contributed by atoms with Crippen molar-refractivity contribution in [2.45, 2.75) is 312 Å². The summed E-state index contributed by atoms with van der Waals surface area (Å²) in [5.41, 5.74) is 2.13. The molecule has 17 atom stereocenters. The van der Waals surface area contributed by atoms with Crippen molar-refractivity contribution in [2.24, 2.45) is 11.8 Å². The van der Waals surface area contributed by atoms with Crippen molar-refractivity contribution in [2.75, 3.05) is 13.7 Å². The minimum Gasteiger partial charge on any atom is -0.408 e. The van der Waals surface area contributed by atoms with E-state index in [1.807, 2.05) is 19.9 Å². The molecule has 9 rings (SSSR count). The number of ether oxygens (including phenoxy) is 8. The van der Waals surface area contributed by atoms with Crippen LogP contribution < -0.4 is 0 Å². The Morgan fingerprint density at radius 2 is 1.23 bits per heavy atom. The topological polar surface area (TPSA) is 136 Å². The molecule has 0 radical (unpaired) electrons. The second-order valence-electron chi connectivity index (χ2n) is 29.4. The van der Waals surface area contributed by atoms with Crippen LogP contribution in [0.5, 0.6) is 0 Å². The third kappa shape index (κ3) is 15.1. The molecule has 9 aliphatic rings. The van der Waals surface area contributed by atoms with E-state index in [9.17, 15) is 9.59 Å². The van der Waals surface area contributed by atoms with Crippen LogP contribution in [0.2, 0.25) is 54.4 Å². The Morgan fingerprint density at radius 3 is 1.83 bits per heavy atom. The van der Waals surface area contributed by atoms with Crippen LogP contribution >= 0.6 is 0 Å². The van der Waals surface area contributed by atoms with Crippen molar-refractivity contribution in [3.63, 3.8) is 0 Å². The number of fused-ring (bicyclic) bond motifs is 2. The van der Waals surface area contributed by atoms with Gasteiger partial charge in [-0.3, -0.25) is 9.59 Å². The molecular weight excluding hydrogens is 1020 g/mol. The lowest BCUT2D eigenvalue weighted by atomic mass is 9.81. The van der Waals surface area contributed by atoms with E-state index in [4.69, 9.17) is 51.2 Å². The van der Waals surface area contributed by atoms with Gasteiger partial charge in [0.2, 0.25) is 0 Å². The van der Waals surface area contributed by atoms with Crippen LogP contribution in [0.25, 0.3) is 0 Å². The lowest BCUT2D eigenvalue weighted by Crippen LogP contribution is -2.69. The molecular formula is C61H106O13Si3. The highest BCUT2D eigenvalue weighted by Crippen LogP contribution is 2.49. The van der Waals surface area contributed by atoms with Crippen LogP contribution in [0.4, 0.5) is 0 Å². The molecule has 440 valence electrons. The number of carbonyl (C=O) groups excluding carboxylic acids is 2. The van der Waals surface area contributed by atoms with Gasteiger partial charge in [0.15, 0.2) is 36.5 Å². The summed E-state index contributed by atoms with van der Waals surface area (Å²) >= 11 is 0. The Labute approximate surface area is 469 Å². The van der Waals surface area contributed by atoms with E-state index >= 15 is 0 Å². The minimum absolute atomic E-state index is 0.00704. The van der Waals surface area contributed by atoms with Crippen molar-refractivity contribution in [3.05, 3.63) is 36.5 Å². The molecule has 16 heteroatoms. The van der Waals surface area contributed by atoms with E-state index in [2.05, 4.69) is 122 Å². The number of hydrogen-bond donors (Lipinski definition) is 0. The largest absolute Gasteiger partial charge is 0.408 e. The molecule has 8 bridgehead atoms. The molecule has 6 saturated heterocycles. The molecule has 0 aromatic rings. The van der Waals surface area contributed by atoms with E-state index in [0.717, 1.165) is 36.8 Å². The molecule has 0 spiro atoms. The van der Waals surface area contributed by atoms with Crippen molar-refractivity contribution in [1.82, 2.24) is 0 Å². The predicted molar refractivity (Wildman–Crippen MR) is 311 cm³/mol. The first-order valence-corrected chi connectivity index (χ1v) is 38.4. The molecule has 0 aliphatic carbocycles. The van der Waals surface area contributed by atoms with Gasteiger partial charge in [0.25, 0.3) is 0 Å². The average Bonchev–Trinajstić information content (AvgIpc) is 3.95. The number of carbonyl (C=O) groups is 2. The molecule has 9 heterocycles. The van der Waals surface area contributed by atoms with Gasteiger partial charge in [-0.25, -0.2) is 0 Å². The molecule has 77 heavy (non-hydrogen) atoms. The molecule has 0 N–H and O–H groups in total. The van der Waals surface area contributed by atoms with Gasteiger partial charge in [0, 0.05) is 45.1 Å². The molecule has 0 aromatic heterocycles. The fourth-order valence-corrected chi connectivity index (χ4v) is 15.9. The number of hydrogen-bond acceptors (Lipinski definition) is 13. The van der Waals surface area contributed by atoms with E-state index in [1.54, 1.807) is 13.2 Å². The van der Waals surface area contributed by atoms with Gasteiger partial charge in [-0.2, -0.15) is 0 Å². The third-order valence-corrected chi connectivity index (χ3v) is 33.3. The average molecular weight is 1130 g/mol. The summed E-state index contributed by atoms with van der Waals surface area (Å²) in [5, 5.41) is -0.436. The highest BCUT2D eigenvalue weighted by atomic mass is 28.4. The Hall–Kier alpha value is -1.23. The summed E-state index contributed by atoms with van der Waals surface area (Å²) in [6.07, 6.45) is 5.40. The molecule has 13 nitrogen and oxygen atoms in total. The third-order valence-electron chi connectivity index (χ3n) is 19.9. The maximum atomic E-state index is 15.0. The van der Waals surface area contributed by atoms with Crippen molar-refractivity contribution in [3.8, 4) is 0 Å². The Morgan fingerprint density at radius 1 is 0.649 bits per heavy atom. The van der Waals surface area contributed by atoms with Gasteiger partial charge in [-0.1, -0.05) is 88.5 Å². The molecule has 6 fully saturated rings. The minimum atomic E-state index is -2.57.